The molecule has 2 aliphatic rings. The van der Waals surface area contributed by atoms with Crippen LogP contribution in [0.1, 0.15) is 41.0 Å². The van der Waals surface area contributed by atoms with E-state index in [4.69, 9.17) is 0 Å². The second-order valence-electron chi connectivity index (χ2n) is 7.52. The molecule has 0 N–H and O–H groups in total. The Hall–Kier alpha value is -2.14. The molecule has 1 aromatic heterocycles. The van der Waals surface area contributed by atoms with Gasteiger partial charge in [0.25, 0.3) is 0 Å². The third-order valence-corrected chi connectivity index (χ3v) is 6.80. The first kappa shape index (κ1) is 21.6. The minimum Gasteiger partial charge on any atom is -0.298 e. The maximum absolute atomic E-state index is 13.1. The number of hydrogen-bond acceptors (Lipinski definition) is 6. The summed E-state index contributed by atoms with van der Waals surface area (Å²) in [6.45, 7) is -0.605. The van der Waals surface area contributed by atoms with Crippen LogP contribution < -0.4 is 0 Å². The summed E-state index contributed by atoms with van der Waals surface area (Å²) in [5.74, 6) is -4.34. The third-order valence-electron chi connectivity index (χ3n) is 5.54. The van der Waals surface area contributed by atoms with Gasteiger partial charge in [-0.2, -0.15) is 17.5 Å². The molecule has 11 heteroatoms. The number of ketones is 3. The highest BCUT2D eigenvalue weighted by atomic mass is 32.2. The zero-order valence-electron chi connectivity index (χ0n) is 15.7. The van der Waals surface area contributed by atoms with Crippen LogP contribution in [0.3, 0.4) is 0 Å². The van der Waals surface area contributed by atoms with Crippen LogP contribution in [-0.4, -0.2) is 48.4 Å². The van der Waals surface area contributed by atoms with Crippen molar-refractivity contribution in [2.45, 2.75) is 32.0 Å². The van der Waals surface area contributed by atoms with E-state index in [2.05, 4.69) is 4.98 Å². The third kappa shape index (κ3) is 4.11. The first-order valence-corrected chi connectivity index (χ1v) is 10.8. The molecular formula is C18H19F3N2O5S. The number of alkyl halides is 3. The minimum atomic E-state index is -4.81. The van der Waals surface area contributed by atoms with E-state index in [9.17, 15) is 36.0 Å². The molecule has 2 saturated carbocycles. The maximum atomic E-state index is 13.1. The van der Waals surface area contributed by atoms with Crippen molar-refractivity contribution in [1.29, 1.82) is 0 Å². The number of nitrogens with zero attached hydrogens (tertiary/aromatic N) is 2. The van der Waals surface area contributed by atoms with Crippen molar-refractivity contribution in [3.8, 4) is 0 Å². The van der Waals surface area contributed by atoms with Crippen LogP contribution in [-0.2, 0) is 32.3 Å². The highest BCUT2D eigenvalue weighted by Gasteiger charge is 2.50. The Balaban J connectivity index is 2.04. The van der Waals surface area contributed by atoms with Crippen LogP contribution in [0.4, 0.5) is 13.2 Å². The summed E-state index contributed by atoms with van der Waals surface area (Å²) in [5, 5.41) is 0. The number of sulfonamides is 1. The molecule has 2 atom stereocenters. The molecule has 2 unspecified atom stereocenters. The smallest absolute Gasteiger partial charge is 0.298 e. The summed E-state index contributed by atoms with van der Waals surface area (Å²) < 4.78 is 63.3. The normalized spacial score (nSPS) is 25.0. The van der Waals surface area contributed by atoms with Gasteiger partial charge in [0, 0.05) is 24.4 Å². The minimum absolute atomic E-state index is 0.346. The molecule has 0 aromatic carbocycles. The van der Waals surface area contributed by atoms with Crippen molar-refractivity contribution >= 4 is 27.4 Å². The average molecular weight is 432 g/mol. The summed E-state index contributed by atoms with van der Waals surface area (Å²) >= 11 is 0. The van der Waals surface area contributed by atoms with Crippen molar-refractivity contribution < 1.29 is 36.0 Å². The number of halogens is 3. The van der Waals surface area contributed by atoms with Crippen LogP contribution in [0.15, 0.2) is 12.1 Å². The molecule has 29 heavy (non-hydrogen) atoms. The predicted octanol–water partition coefficient (Wildman–Crippen LogP) is 1.86. The van der Waals surface area contributed by atoms with E-state index in [0.29, 0.717) is 25.3 Å². The van der Waals surface area contributed by atoms with E-state index in [-0.39, 0.29) is 5.56 Å². The number of hydrogen-bond donors (Lipinski definition) is 0. The van der Waals surface area contributed by atoms with Crippen molar-refractivity contribution in [3.63, 3.8) is 0 Å². The molecule has 1 heterocycles. The molecule has 3 rings (SSSR count). The molecule has 2 bridgehead atoms. The zero-order chi connectivity index (χ0) is 21.7. The monoisotopic (exact) mass is 432 g/mol. The number of aromatic nitrogens is 1. The van der Waals surface area contributed by atoms with Crippen LogP contribution in [0, 0.1) is 17.8 Å². The lowest BCUT2D eigenvalue weighted by molar-refractivity contribution is -0.141. The van der Waals surface area contributed by atoms with Crippen LogP contribution >= 0.6 is 0 Å². The number of fused-ring (bicyclic) bond motifs is 2. The Bertz CT molecular complexity index is 968. The Morgan fingerprint density at radius 3 is 2.21 bits per heavy atom. The van der Waals surface area contributed by atoms with Gasteiger partial charge in [-0.05, 0) is 31.4 Å². The zero-order valence-corrected chi connectivity index (χ0v) is 16.5. The Kier molecular flexibility index (Phi) is 5.41. The van der Waals surface area contributed by atoms with E-state index in [0.717, 1.165) is 23.7 Å². The number of pyridine rings is 1. The van der Waals surface area contributed by atoms with E-state index < -0.39 is 69.2 Å². The maximum Gasteiger partial charge on any atom is 0.433 e. The summed E-state index contributed by atoms with van der Waals surface area (Å²) in [6, 6.07) is 1.45. The Morgan fingerprint density at radius 2 is 1.72 bits per heavy atom. The topological polar surface area (TPSA) is 101 Å². The van der Waals surface area contributed by atoms with E-state index in [1.54, 1.807) is 0 Å². The molecule has 158 valence electrons. The SMILES string of the molecule is CN(Cc1nc(C(F)(F)F)ccc1C(=O)C1C(=O)C2CCC(C2)C1=O)S(C)(=O)=O. The summed E-state index contributed by atoms with van der Waals surface area (Å²) in [6.07, 6.45) is -2.54. The summed E-state index contributed by atoms with van der Waals surface area (Å²) in [7, 11) is -2.65. The van der Waals surface area contributed by atoms with Gasteiger partial charge in [-0.25, -0.2) is 13.4 Å². The van der Waals surface area contributed by atoms with Gasteiger partial charge in [0.05, 0.1) is 18.5 Å². The van der Waals surface area contributed by atoms with Gasteiger partial charge < -0.3 is 0 Å². The van der Waals surface area contributed by atoms with Gasteiger partial charge in [0.1, 0.15) is 11.6 Å². The molecule has 0 amide bonds. The van der Waals surface area contributed by atoms with Crippen molar-refractivity contribution in [2.75, 3.05) is 13.3 Å². The number of carbonyl (C=O) groups excluding carboxylic acids is 3. The number of Topliss-reactive ketones (excluding diaryl/α,β-unsaturated/α-hetero) is 3. The molecule has 0 aliphatic heterocycles. The fraction of sp³-hybridized carbons (Fsp3) is 0.556. The molecule has 2 aliphatic carbocycles. The number of carbonyl (C=O) groups is 3. The standard InChI is InChI=1S/C18H19F3N2O5S/c1-23(29(2,27)28)8-12-11(5-6-13(22-12)18(19,20)21)17(26)14-15(24)9-3-4-10(7-9)16(14)25/h5-6,9-10,14H,3-4,7-8H2,1-2H3. The second kappa shape index (κ2) is 7.28. The van der Waals surface area contributed by atoms with E-state index >= 15 is 0 Å². The van der Waals surface area contributed by atoms with Gasteiger partial charge >= 0.3 is 6.18 Å². The van der Waals surface area contributed by atoms with Crippen molar-refractivity contribution in [3.05, 3.63) is 29.1 Å². The lowest BCUT2D eigenvalue weighted by Crippen LogP contribution is -2.42. The molecule has 0 radical (unpaired) electrons. The Morgan fingerprint density at radius 1 is 1.17 bits per heavy atom. The molecule has 2 fully saturated rings. The predicted molar refractivity (Wildman–Crippen MR) is 94.2 cm³/mol. The Labute approximate surface area is 165 Å². The first-order chi connectivity index (χ1) is 13.3. The fourth-order valence-corrected chi connectivity index (χ4v) is 4.21. The second-order valence-corrected chi connectivity index (χ2v) is 9.61. The van der Waals surface area contributed by atoms with E-state index in [1.165, 1.54) is 0 Å². The summed E-state index contributed by atoms with van der Waals surface area (Å²) in [4.78, 5) is 41.6. The highest BCUT2D eigenvalue weighted by Crippen LogP contribution is 2.41. The average Bonchev–Trinajstić information content (AvgIpc) is 3.05. The summed E-state index contributed by atoms with van der Waals surface area (Å²) in [5.41, 5.74) is -2.09. The molecule has 1 aromatic rings. The van der Waals surface area contributed by atoms with Gasteiger partial charge in [-0.15, -0.1) is 0 Å². The molecular weight excluding hydrogens is 413 g/mol. The molecule has 0 saturated heterocycles. The van der Waals surface area contributed by atoms with Gasteiger partial charge in [-0.1, -0.05) is 0 Å². The number of rotatable bonds is 5. The highest BCUT2D eigenvalue weighted by molar-refractivity contribution is 7.88. The van der Waals surface area contributed by atoms with Crippen LogP contribution in [0.2, 0.25) is 0 Å². The largest absolute Gasteiger partial charge is 0.433 e. The fourth-order valence-electron chi connectivity index (χ4n) is 3.86. The van der Waals surface area contributed by atoms with Gasteiger partial charge in [0.15, 0.2) is 17.3 Å². The van der Waals surface area contributed by atoms with Crippen LogP contribution in [0.25, 0.3) is 0 Å². The lowest BCUT2D eigenvalue weighted by Gasteiger charge is -2.25. The van der Waals surface area contributed by atoms with Crippen LogP contribution in [0.5, 0.6) is 0 Å². The first-order valence-electron chi connectivity index (χ1n) is 8.90. The lowest BCUT2D eigenvalue weighted by atomic mass is 9.75. The quantitative estimate of drug-likeness (QED) is 0.520. The van der Waals surface area contributed by atoms with Crippen molar-refractivity contribution in [1.82, 2.24) is 9.29 Å². The van der Waals surface area contributed by atoms with E-state index in [1.807, 2.05) is 0 Å². The van der Waals surface area contributed by atoms with Gasteiger partial charge in [-0.3, -0.25) is 14.4 Å². The van der Waals surface area contributed by atoms with Gasteiger partial charge in [0.2, 0.25) is 10.0 Å². The van der Waals surface area contributed by atoms with Crippen molar-refractivity contribution in [2.24, 2.45) is 17.8 Å². The molecule has 7 nitrogen and oxygen atoms in total. The molecule has 0 spiro atoms.